The van der Waals surface area contributed by atoms with Crippen LogP contribution in [0.5, 0.6) is 0 Å². The smallest absolute Gasteiger partial charge is 0.269 e. The Kier molecular flexibility index (Phi) is 9.64. The highest BCUT2D eigenvalue weighted by atomic mass is 28.4. The number of nitro benzene ring substituents is 1. The third-order valence-corrected chi connectivity index (χ3v) is 13.6. The summed E-state index contributed by atoms with van der Waals surface area (Å²) in [4.78, 5) is 68.5. The summed E-state index contributed by atoms with van der Waals surface area (Å²) in [5.41, 5.74) is 8.12. The topological polar surface area (TPSA) is 189 Å². The van der Waals surface area contributed by atoms with Crippen molar-refractivity contribution in [3.63, 3.8) is 0 Å². The van der Waals surface area contributed by atoms with E-state index in [1.807, 2.05) is 37.3 Å². The SMILES string of the molecule is C[C@@H]1[C@@H]([Si](C)(C)O)[C@H](CC(=O)N2Cc3ccccc3C[C@H]2CO)O[C@@]12C(=O)N(Cc1cccc(NC(=O)c3ccc(N)cc3)c1)c1ccc([N+](=O)[O-])cc12. The minimum atomic E-state index is -3.18. The summed E-state index contributed by atoms with van der Waals surface area (Å²) in [6, 6.07) is 25.1. The average Bonchev–Trinajstić information content (AvgIpc) is 3.56. The first kappa shape index (κ1) is 36.9. The first-order chi connectivity index (χ1) is 25.7. The standard InChI is InChI=1S/C40H43N5O8Si/c1-24-37(54(2,3)52)35(20-36(47)43-22-28-9-5-4-8-27(28)18-32(43)23-46)53-40(24)33-19-31(45(50)51)15-16-34(33)44(39(40)49)21-25-7-6-10-30(17-25)42-38(48)26-11-13-29(41)14-12-26/h4-17,19,24,32,35,37,46,52H,18,20-23,41H2,1-3H3,(H,42,48)/t24-,32+,35+,37-,40+/m1/s1. The van der Waals surface area contributed by atoms with E-state index in [-0.39, 0.29) is 37.1 Å². The molecule has 0 radical (unpaired) electrons. The molecule has 1 fully saturated rings. The molecule has 7 rings (SSSR count). The molecule has 1 saturated heterocycles. The van der Waals surface area contributed by atoms with E-state index in [1.165, 1.54) is 23.1 Å². The zero-order valence-electron chi connectivity index (χ0n) is 30.3. The van der Waals surface area contributed by atoms with Crippen molar-refractivity contribution in [2.75, 3.05) is 22.6 Å². The lowest BCUT2D eigenvalue weighted by atomic mass is 9.82. The number of hydrogen-bond donors (Lipinski definition) is 4. The van der Waals surface area contributed by atoms with Gasteiger partial charge in [0.05, 0.1) is 42.3 Å². The number of nitro groups is 1. The lowest BCUT2D eigenvalue weighted by molar-refractivity contribution is -0.385. The first-order valence-electron chi connectivity index (χ1n) is 17.9. The number of aliphatic hydroxyl groups excluding tert-OH is 1. The number of ether oxygens (including phenoxy) is 1. The van der Waals surface area contributed by atoms with Gasteiger partial charge in [-0.1, -0.05) is 43.3 Å². The van der Waals surface area contributed by atoms with Crippen LogP contribution >= 0.6 is 0 Å². The summed E-state index contributed by atoms with van der Waals surface area (Å²) in [5, 5.41) is 25.2. The van der Waals surface area contributed by atoms with Gasteiger partial charge in [0.25, 0.3) is 17.5 Å². The molecule has 13 nitrogen and oxygen atoms in total. The molecule has 3 aliphatic heterocycles. The van der Waals surface area contributed by atoms with Crippen molar-refractivity contribution in [2.24, 2.45) is 5.92 Å². The van der Waals surface area contributed by atoms with E-state index in [1.54, 1.807) is 60.5 Å². The predicted molar refractivity (Wildman–Crippen MR) is 205 cm³/mol. The molecule has 0 aliphatic carbocycles. The number of aliphatic hydroxyl groups is 1. The Balaban J connectivity index is 1.21. The normalized spacial score (nSPS) is 23.3. The maximum Gasteiger partial charge on any atom is 0.269 e. The minimum absolute atomic E-state index is 0.0482. The van der Waals surface area contributed by atoms with Crippen molar-refractivity contribution in [3.8, 4) is 0 Å². The number of nitrogen functional groups attached to an aromatic ring is 1. The molecule has 0 bridgehead atoms. The van der Waals surface area contributed by atoms with Crippen LogP contribution < -0.4 is 16.0 Å². The first-order valence-corrected chi connectivity index (χ1v) is 21.0. The van der Waals surface area contributed by atoms with Gasteiger partial charge in [-0.15, -0.1) is 0 Å². The fraction of sp³-hybridized carbons (Fsp3) is 0.325. The molecule has 54 heavy (non-hydrogen) atoms. The molecule has 1 spiro atoms. The molecule has 5 N–H and O–H groups in total. The van der Waals surface area contributed by atoms with E-state index in [4.69, 9.17) is 10.5 Å². The van der Waals surface area contributed by atoms with Crippen molar-refractivity contribution >= 4 is 48.8 Å². The molecule has 3 heterocycles. The fourth-order valence-electron chi connectivity index (χ4n) is 8.64. The summed E-state index contributed by atoms with van der Waals surface area (Å²) in [6.07, 6.45) is -0.553. The van der Waals surface area contributed by atoms with Crippen LogP contribution in [0.4, 0.5) is 22.7 Å². The molecule has 0 unspecified atom stereocenters. The Morgan fingerprint density at radius 1 is 1.04 bits per heavy atom. The van der Waals surface area contributed by atoms with Crippen LogP contribution in [0.2, 0.25) is 18.6 Å². The number of carbonyl (C=O) groups is 3. The van der Waals surface area contributed by atoms with Crippen molar-refractivity contribution in [2.45, 2.75) is 69.2 Å². The number of nitrogens with zero attached hydrogens (tertiary/aromatic N) is 3. The maximum absolute atomic E-state index is 15.0. The van der Waals surface area contributed by atoms with Crippen molar-refractivity contribution in [1.29, 1.82) is 0 Å². The monoisotopic (exact) mass is 749 g/mol. The molecule has 3 amide bonds. The Morgan fingerprint density at radius 2 is 1.76 bits per heavy atom. The number of non-ortho nitro benzene ring substituents is 1. The van der Waals surface area contributed by atoms with E-state index < -0.39 is 48.4 Å². The third-order valence-electron chi connectivity index (χ3n) is 11.1. The van der Waals surface area contributed by atoms with Gasteiger partial charge in [-0.2, -0.15) is 0 Å². The third kappa shape index (κ3) is 6.55. The summed E-state index contributed by atoms with van der Waals surface area (Å²) < 4.78 is 6.82. The van der Waals surface area contributed by atoms with Gasteiger partial charge in [-0.3, -0.25) is 24.5 Å². The number of amides is 3. The van der Waals surface area contributed by atoms with Crippen LogP contribution in [0.3, 0.4) is 0 Å². The van der Waals surface area contributed by atoms with Gasteiger partial charge in [-0.05, 0) is 78.7 Å². The highest BCUT2D eigenvalue weighted by Gasteiger charge is 2.66. The number of anilines is 3. The lowest BCUT2D eigenvalue weighted by Gasteiger charge is -2.37. The van der Waals surface area contributed by atoms with Crippen molar-refractivity contribution in [1.82, 2.24) is 4.90 Å². The quantitative estimate of drug-likeness (QED) is 0.0781. The van der Waals surface area contributed by atoms with Gasteiger partial charge in [0, 0.05) is 52.6 Å². The summed E-state index contributed by atoms with van der Waals surface area (Å²) in [6.45, 7) is 5.43. The van der Waals surface area contributed by atoms with Gasteiger partial charge in [0.1, 0.15) is 0 Å². The zero-order valence-corrected chi connectivity index (χ0v) is 31.3. The Bertz CT molecular complexity index is 2140. The van der Waals surface area contributed by atoms with E-state index in [2.05, 4.69) is 5.32 Å². The number of nitrogens with one attached hydrogen (secondary N) is 1. The van der Waals surface area contributed by atoms with Gasteiger partial charge in [0.2, 0.25) is 5.91 Å². The largest absolute Gasteiger partial charge is 0.432 e. The Labute approximate surface area is 313 Å². The molecule has 0 saturated carbocycles. The second-order valence-electron chi connectivity index (χ2n) is 15.0. The van der Waals surface area contributed by atoms with E-state index >= 15 is 0 Å². The maximum atomic E-state index is 15.0. The molecule has 5 atom stereocenters. The number of rotatable bonds is 9. The van der Waals surface area contributed by atoms with Crippen LogP contribution in [-0.2, 0) is 39.4 Å². The molecule has 3 aliphatic rings. The van der Waals surface area contributed by atoms with Gasteiger partial charge < -0.3 is 35.5 Å². The molecule has 4 aromatic carbocycles. The zero-order chi connectivity index (χ0) is 38.5. The second-order valence-corrected chi connectivity index (χ2v) is 19.0. The number of hydrogen-bond acceptors (Lipinski definition) is 9. The van der Waals surface area contributed by atoms with Gasteiger partial charge >= 0.3 is 0 Å². The fourth-order valence-corrected chi connectivity index (χ4v) is 11.2. The summed E-state index contributed by atoms with van der Waals surface area (Å²) in [7, 11) is -3.18. The predicted octanol–water partition coefficient (Wildman–Crippen LogP) is 5.11. The number of fused-ring (bicyclic) bond motifs is 3. The summed E-state index contributed by atoms with van der Waals surface area (Å²) in [5.74, 6) is -1.74. The minimum Gasteiger partial charge on any atom is -0.432 e. The van der Waals surface area contributed by atoms with Crippen LogP contribution in [0.15, 0.2) is 91.0 Å². The van der Waals surface area contributed by atoms with Crippen LogP contribution in [0.1, 0.15) is 46.0 Å². The number of nitrogens with two attached hydrogens (primary N) is 1. The van der Waals surface area contributed by atoms with E-state index in [0.29, 0.717) is 46.7 Å². The van der Waals surface area contributed by atoms with Crippen LogP contribution in [0.25, 0.3) is 0 Å². The number of carbonyl (C=O) groups excluding carboxylic acids is 3. The Morgan fingerprint density at radius 3 is 2.44 bits per heavy atom. The summed E-state index contributed by atoms with van der Waals surface area (Å²) >= 11 is 0. The molecule has 280 valence electrons. The molecule has 0 aromatic heterocycles. The molecule has 4 aromatic rings. The lowest BCUT2D eigenvalue weighted by Crippen LogP contribution is -2.48. The van der Waals surface area contributed by atoms with E-state index in [0.717, 1.165) is 11.1 Å². The highest BCUT2D eigenvalue weighted by molar-refractivity contribution is 6.71. The van der Waals surface area contributed by atoms with Crippen molar-refractivity contribution in [3.05, 3.63) is 129 Å². The second kappa shape index (κ2) is 14.1. The molecular weight excluding hydrogens is 707 g/mol. The molecule has 14 heteroatoms. The van der Waals surface area contributed by atoms with Crippen LogP contribution in [-0.4, -0.2) is 64.5 Å². The van der Waals surface area contributed by atoms with Gasteiger partial charge in [-0.25, -0.2) is 0 Å². The molecular formula is C40H43N5O8Si. The average molecular weight is 750 g/mol. The number of benzene rings is 4. The van der Waals surface area contributed by atoms with Crippen molar-refractivity contribution < 1.29 is 33.9 Å². The van der Waals surface area contributed by atoms with E-state index in [9.17, 15) is 34.4 Å². The van der Waals surface area contributed by atoms with Crippen LogP contribution in [0, 0.1) is 16.0 Å². The highest BCUT2D eigenvalue weighted by Crippen LogP contribution is 2.60. The van der Waals surface area contributed by atoms with Gasteiger partial charge in [0.15, 0.2) is 13.9 Å². The Hall–Kier alpha value is -5.41.